The fourth-order valence-electron chi connectivity index (χ4n) is 1.70. The molecule has 0 amide bonds. The van der Waals surface area contributed by atoms with E-state index in [0.29, 0.717) is 0 Å². The van der Waals surface area contributed by atoms with Gasteiger partial charge in [0.15, 0.2) is 5.78 Å². The van der Waals surface area contributed by atoms with Gasteiger partial charge in [-0.1, -0.05) is 12.1 Å². The van der Waals surface area contributed by atoms with Crippen molar-refractivity contribution in [2.45, 2.75) is 20.4 Å². The van der Waals surface area contributed by atoms with Crippen molar-refractivity contribution < 1.29 is 4.79 Å². The Kier molecular flexibility index (Phi) is 2.12. The van der Waals surface area contributed by atoms with Crippen molar-refractivity contribution in [1.82, 2.24) is 4.57 Å². The highest BCUT2D eigenvalue weighted by molar-refractivity contribution is 6.06. The molecule has 1 heterocycles. The number of aryl methyl sites for hydroxylation is 1. The predicted octanol–water partition coefficient (Wildman–Crippen LogP) is 2.66. The normalized spacial score (nSPS) is 10.7. The largest absolute Gasteiger partial charge is 0.347 e. The van der Waals surface area contributed by atoms with Crippen LogP contribution >= 0.6 is 0 Å². The van der Waals surface area contributed by atoms with Crippen molar-refractivity contribution in [2.75, 3.05) is 0 Å². The summed E-state index contributed by atoms with van der Waals surface area (Å²) in [6.07, 6.45) is 1.91. The number of carbonyl (C=O) groups is 1. The van der Waals surface area contributed by atoms with Gasteiger partial charge in [0, 0.05) is 29.2 Å². The second-order valence-electron chi connectivity index (χ2n) is 3.32. The van der Waals surface area contributed by atoms with Crippen LogP contribution in [0.1, 0.15) is 24.2 Å². The zero-order valence-corrected chi connectivity index (χ0v) is 8.37. The number of rotatable bonds is 2. The second kappa shape index (κ2) is 3.29. The van der Waals surface area contributed by atoms with Crippen LogP contribution in [0.2, 0.25) is 0 Å². The Hall–Kier alpha value is -1.57. The number of hydrogen-bond acceptors (Lipinski definition) is 1. The van der Waals surface area contributed by atoms with Gasteiger partial charge < -0.3 is 4.57 Å². The molecule has 71 valence electrons. The van der Waals surface area contributed by atoms with Crippen LogP contribution < -0.4 is 0 Å². The lowest BCUT2D eigenvalue weighted by atomic mass is 10.1. The molecule has 1 aromatic carbocycles. The fourth-order valence-corrected chi connectivity index (χ4v) is 1.70. The Morgan fingerprint density at radius 2 is 2.36 bits per heavy atom. The number of carbonyl (C=O) groups excluding carboxylic acids is 1. The molecule has 0 aliphatic rings. The van der Waals surface area contributed by atoms with E-state index in [2.05, 4.69) is 17.6 Å². The molecule has 0 atom stereocenters. The zero-order chi connectivity index (χ0) is 10.1. The summed E-state index contributed by atoms with van der Waals surface area (Å²) in [5.41, 5.74) is 1.85. The number of aromatic nitrogens is 1. The van der Waals surface area contributed by atoms with Crippen molar-refractivity contribution in [1.29, 1.82) is 0 Å². The summed E-state index contributed by atoms with van der Waals surface area (Å²) in [5.74, 6) is 0.102. The molecule has 1 radical (unpaired) electrons. The molecule has 0 unspecified atom stereocenters. The van der Waals surface area contributed by atoms with Gasteiger partial charge in [-0.2, -0.15) is 0 Å². The molecule has 1 aromatic heterocycles. The summed E-state index contributed by atoms with van der Waals surface area (Å²) in [5, 5.41) is 0.932. The van der Waals surface area contributed by atoms with Crippen LogP contribution in [0.3, 0.4) is 0 Å². The molecular weight excluding hydrogens is 174 g/mol. The Morgan fingerprint density at radius 3 is 3.00 bits per heavy atom. The molecule has 0 saturated heterocycles. The van der Waals surface area contributed by atoms with Gasteiger partial charge in [0.2, 0.25) is 0 Å². The minimum Gasteiger partial charge on any atom is -0.347 e. The molecule has 0 spiro atoms. The van der Waals surface area contributed by atoms with Crippen molar-refractivity contribution in [2.24, 2.45) is 0 Å². The summed E-state index contributed by atoms with van der Waals surface area (Å²) >= 11 is 0. The van der Waals surface area contributed by atoms with Crippen LogP contribution in [-0.4, -0.2) is 10.4 Å². The maximum atomic E-state index is 11.4. The van der Waals surface area contributed by atoms with Crippen LogP contribution in [0.25, 0.3) is 10.9 Å². The molecule has 2 heteroatoms. The van der Waals surface area contributed by atoms with E-state index in [1.165, 1.54) is 0 Å². The van der Waals surface area contributed by atoms with Gasteiger partial charge in [-0.05, 0) is 26.0 Å². The Labute approximate surface area is 83.2 Å². The Balaban J connectivity index is 2.80. The van der Waals surface area contributed by atoms with Crippen LogP contribution in [0.4, 0.5) is 0 Å². The van der Waals surface area contributed by atoms with Crippen molar-refractivity contribution >= 4 is 16.7 Å². The van der Waals surface area contributed by atoms with Crippen LogP contribution in [0.15, 0.2) is 24.4 Å². The number of ketones is 1. The number of nitrogens with zero attached hydrogens (tertiary/aromatic N) is 1. The first-order valence-electron chi connectivity index (χ1n) is 4.74. The van der Waals surface area contributed by atoms with Crippen molar-refractivity contribution in [3.8, 4) is 0 Å². The van der Waals surface area contributed by atoms with Crippen molar-refractivity contribution in [3.05, 3.63) is 36.0 Å². The first kappa shape index (κ1) is 9.00. The molecule has 0 saturated carbocycles. The Morgan fingerprint density at radius 1 is 1.57 bits per heavy atom. The van der Waals surface area contributed by atoms with E-state index in [9.17, 15) is 4.79 Å². The summed E-state index contributed by atoms with van der Waals surface area (Å²) in [7, 11) is 0. The van der Waals surface area contributed by atoms with Gasteiger partial charge in [0.1, 0.15) is 0 Å². The van der Waals surface area contributed by atoms with E-state index in [-0.39, 0.29) is 5.78 Å². The molecule has 14 heavy (non-hydrogen) atoms. The van der Waals surface area contributed by atoms with Gasteiger partial charge in [-0.15, -0.1) is 0 Å². The monoisotopic (exact) mass is 186 g/mol. The fraction of sp³-hybridized carbons (Fsp3) is 0.250. The maximum Gasteiger partial charge on any atom is 0.161 e. The number of hydrogen-bond donors (Lipinski definition) is 0. The molecule has 0 fully saturated rings. The second-order valence-corrected chi connectivity index (χ2v) is 3.32. The molecule has 0 aliphatic heterocycles. The average molecular weight is 186 g/mol. The summed E-state index contributed by atoms with van der Waals surface area (Å²) in [6.45, 7) is 4.54. The van der Waals surface area contributed by atoms with Gasteiger partial charge in [-0.3, -0.25) is 4.79 Å². The van der Waals surface area contributed by atoms with Gasteiger partial charge in [0.05, 0.1) is 0 Å². The zero-order valence-electron chi connectivity index (χ0n) is 8.37. The smallest absolute Gasteiger partial charge is 0.161 e. The van der Waals surface area contributed by atoms with E-state index in [0.717, 1.165) is 23.0 Å². The molecular formula is C12H12NO. The van der Waals surface area contributed by atoms with Crippen LogP contribution in [0, 0.1) is 6.07 Å². The van der Waals surface area contributed by atoms with Crippen LogP contribution in [-0.2, 0) is 6.54 Å². The number of benzene rings is 1. The van der Waals surface area contributed by atoms with Gasteiger partial charge in [0.25, 0.3) is 0 Å². The third-order valence-corrected chi connectivity index (χ3v) is 2.42. The number of Topliss-reactive ketones (excluding diaryl/α,β-unsaturated/α-hetero) is 1. The van der Waals surface area contributed by atoms with Gasteiger partial charge >= 0.3 is 0 Å². The van der Waals surface area contributed by atoms with Crippen molar-refractivity contribution in [3.63, 3.8) is 0 Å². The minimum atomic E-state index is 0.102. The standard InChI is InChI=1S/C12H12NO/c1-3-13-8-11(9(2)14)10-6-4-5-7-12(10)13/h4-5,7-8H,3H2,1-2H3. The van der Waals surface area contributed by atoms with E-state index in [1.54, 1.807) is 6.92 Å². The lowest BCUT2D eigenvalue weighted by molar-refractivity contribution is 0.101. The first-order valence-corrected chi connectivity index (χ1v) is 4.74. The summed E-state index contributed by atoms with van der Waals surface area (Å²) < 4.78 is 2.07. The first-order chi connectivity index (χ1) is 6.74. The average Bonchev–Trinajstić information content (AvgIpc) is 2.56. The molecule has 0 N–H and O–H groups in total. The topological polar surface area (TPSA) is 22.0 Å². The Bertz CT molecular complexity index is 482. The maximum absolute atomic E-state index is 11.4. The SMILES string of the molecule is CCn1cc(C(C)=O)c2[c]cccc21. The molecule has 2 nitrogen and oxygen atoms in total. The quantitative estimate of drug-likeness (QED) is 0.661. The molecule has 0 bridgehead atoms. The molecule has 0 aliphatic carbocycles. The lowest BCUT2D eigenvalue weighted by Crippen LogP contribution is -1.91. The van der Waals surface area contributed by atoms with E-state index < -0.39 is 0 Å². The minimum absolute atomic E-state index is 0.102. The molecule has 2 rings (SSSR count). The third-order valence-electron chi connectivity index (χ3n) is 2.42. The van der Waals surface area contributed by atoms with E-state index in [4.69, 9.17) is 0 Å². The highest BCUT2D eigenvalue weighted by Crippen LogP contribution is 2.20. The van der Waals surface area contributed by atoms with Gasteiger partial charge in [-0.25, -0.2) is 0 Å². The highest BCUT2D eigenvalue weighted by Gasteiger charge is 2.09. The molecule has 2 aromatic rings. The third kappa shape index (κ3) is 1.23. The van der Waals surface area contributed by atoms with Crippen LogP contribution in [0.5, 0.6) is 0 Å². The number of fused-ring (bicyclic) bond motifs is 1. The lowest BCUT2D eigenvalue weighted by Gasteiger charge is -1.97. The summed E-state index contributed by atoms with van der Waals surface area (Å²) in [4.78, 5) is 11.4. The predicted molar refractivity (Wildman–Crippen MR) is 56.5 cm³/mol. The van der Waals surface area contributed by atoms with E-state index in [1.807, 2.05) is 24.4 Å². The summed E-state index contributed by atoms with van der Waals surface area (Å²) in [6, 6.07) is 8.91. The highest BCUT2D eigenvalue weighted by atomic mass is 16.1. The van der Waals surface area contributed by atoms with E-state index >= 15 is 0 Å².